The minimum absolute atomic E-state index is 0.263. The number of nitrogens with zero attached hydrogens (tertiary/aromatic N) is 1. The highest BCUT2D eigenvalue weighted by Crippen LogP contribution is 2.16. The monoisotopic (exact) mass is 203 g/mol. The zero-order valence-corrected chi connectivity index (χ0v) is 8.86. The summed E-state index contributed by atoms with van der Waals surface area (Å²) in [6, 6.07) is 7.79. The molecule has 0 aliphatic heterocycles. The molecule has 15 heavy (non-hydrogen) atoms. The topological polar surface area (TPSA) is 30.7 Å². The van der Waals surface area contributed by atoms with Crippen LogP contribution in [0.1, 0.15) is 23.0 Å². The summed E-state index contributed by atoms with van der Waals surface area (Å²) in [5.74, 6) is -0.263. The van der Waals surface area contributed by atoms with E-state index in [0.717, 1.165) is 11.1 Å². The number of carbonyl (C=O) groups excluding carboxylic acids is 1. The van der Waals surface area contributed by atoms with Crippen LogP contribution in [-0.4, -0.2) is 17.0 Å². The Kier molecular flexibility index (Phi) is 2.46. The van der Waals surface area contributed by atoms with Crippen LogP contribution in [0.2, 0.25) is 0 Å². The minimum Gasteiger partial charge on any atom is -0.461 e. The standard InChI is InChI=1S/C12H13NO2/c1-3-15-12(14)11-9(2)8-10-6-4-5-7-13(10)11/h4-8H,3H2,1-2H3. The van der Waals surface area contributed by atoms with Gasteiger partial charge in [-0.3, -0.25) is 0 Å². The van der Waals surface area contributed by atoms with Crippen LogP contribution in [-0.2, 0) is 4.74 Å². The van der Waals surface area contributed by atoms with Crippen LogP contribution in [0.5, 0.6) is 0 Å². The number of rotatable bonds is 2. The van der Waals surface area contributed by atoms with E-state index in [1.807, 2.05) is 48.7 Å². The van der Waals surface area contributed by atoms with Gasteiger partial charge in [0.1, 0.15) is 5.69 Å². The van der Waals surface area contributed by atoms with Crippen molar-refractivity contribution < 1.29 is 9.53 Å². The first-order chi connectivity index (χ1) is 7.24. The molecule has 0 fully saturated rings. The Balaban J connectivity index is 2.58. The third-order valence-electron chi connectivity index (χ3n) is 2.34. The minimum atomic E-state index is -0.263. The highest BCUT2D eigenvalue weighted by atomic mass is 16.5. The van der Waals surface area contributed by atoms with E-state index in [-0.39, 0.29) is 5.97 Å². The van der Waals surface area contributed by atoms with Crippen molar-refractivity contribution in [1.29, 1.82) is 0 Å². The quantitative estimate of drug-likeness (QED) is 0.702. The summed E-state index contributed by atoms with van der Waals surface area (Å²) in [5.41, 5.74) is 2.57. The molecule has 0 saturated heterocycles. The molecule has 0 unspecified atom stereocenters. The van der Waals surface area contributed by atoms with Crippen molar-refractivity contribution in [2.45, 2.75) is 13.8 Å². The van der Waals surface area contributed by atoms with Crippen LogP contribution in [0.3, 0.4) is 0 Å². The van der Waals surface area contributed by atoms with Crippen molar-refractivity contribution in [1.82, 2.24) is 4.40 Å². The zero-order chi connectivity index (χ0) is 10.8. The number of pyridine rings is 1. The van der Waals surface area contributed by atoms with Gasteiger partial charge in [-0.1, -0.05) is 6.07 Å². The Morgan fingerprint density at radius 1 is 1.47 bits per heavy atom. The van der Waals surface area contributed by atoms with Crippen molar-refractivity contribution in [3.05, 3.63) is 41.7 Å². The van der Waals surface area contributed by atoms with Gasteiger partial charge in [-0.25, -0.2) is 4.79 Å². The lowest BCUT2D eigenvalue weighted by atomic mass is 10.3. The van der Waals surface area contributed by atoms with Gasteiger partial charge in [-0.15, -0.1) is 0 Å². The van der Waals surface area contributed by atoms with E-state index in [0.29, 0.717) is 12.3 Å². The van der Waals surface area contributed by atoms with E-state index < -0.39 is 0 Å². The first-order valence-corrected chi connectivity index (χ1v) is 4.98. The van der Waals surface area contributed by atoms with Crippen molar-refractivity contribution >= 4 is 11.5 Å². The average Bonchev–Trinajstić information content (AvgIpc) is 2.54. The number of aryl methyl sites for hydroxylation is 1. The summed E-state index contributed by atoms with van der Waals surface area (Å²) in [7, 11) is 0. The Morgan fingerprint density at radius 2 is 2.27 bits per heavy atom. The molecule has 0 spiro atoms. The number of fused-ring (bicyclic) bond motifs is 1. The van der Waals surface area contributed by atoms with Gasteiger partial charge in [0, 0.05) is 11.7 Å². The molecule has 0 amide bonds. The highest BCUT2D eigenvalue weighted by molar-refractivity contribution is 5.91. The molecule has 0 aliphatic carbocycles. The molecule has 0 atom stereocenters. The SMILES string of the molecule is CCOC(=O)c1c(C)cc2ccccn12. The van der Waals surface area contributed by atoms with E-state index in [9.17, 15) is 4.79 Å². The van der Waals surface area contributed by atoms with Gasteiger partial charge in [0.05, 0.1) is 6.61 Å². The van der Waals surface area contributed by atoms with E-state index in [2.05, 4.69) is 0 Å². The largest absolute Gasteiger partial charge is 0.461 e. The average molecular weight is 203 g/mol. The van der Waals surface area contributed by atoms with E-state index in [1.54, 1.807) is 0 Å². The molecule has 2 heterocycles. The maximum Gasteiger partial charge on any atom is 0.355 e. The lowest BCUT2D eigenvalue weighted by Gasteiger charge is -2.03. The van der Waals surface area contributed by atoms with Crippen LogP contribution in [0.25, 0.3) is 5.52 Å². The maximum absolute atomic E-state index is 11.7. The fraction of sp³-hybridized carbons (Fsp3) is 0.250. The molecule has 3 heteroatoms. The number of carbonyl (C=O) groups is 1. The number of esters is 1. The zero-order valence-electron chi connectivity index (χ0n) is 8.86. The summed E-state index contributed by atoms with van der Waals surface area (Å²) in [6.45, 7) is 4.13. The lowest BCUT2D eigenvalue weighted by molar-refractivity contribution is 0.0517. The Labute approximate surface area is 88.3 Å². The molecule has 0 aromatic carbocycles. The second-order valence-electron chi connectivity index (χ2n) is 3.39. The lowest BCUT2D eigenvalue weighted by Crippen LogP contribution is -2.09. The van der Waals surface area contributed by atoms with Gasteiger partial charge in [0.25, 0.3) is 0 Å². The Hall–Kier alpha value is -1.77. The van der Waals surface area contributed by atoms with E-state index in [1.165, 1.54) is 0 Å². The number of aromatic nitrogens is 1. The maximum atomic E-state index is 11.7. The summed E-state index contributed by atoms with van der Waals surface area (Å²) >= 11 is 0. The number of hydrogen-bond acceptors (Lipinski definition) is 2. The van der Waals surface area contributed by atoms with Crippen LogP contribution >= 0.6 is 0 Å². The summed E-state index contributed by atoms with van der Waals surface area (Å²) < 4.78 is 6.87. The van der Waals surface area contributed by atoms with Crippen LogP contribution in [0, 0.1) is 6.92 Å². The predicted octanol–water partition coefficient (Wildman–Crippen LogP) is 2.42. The molecule has 0 saturated carbocycles. The highest BCUT2D eigenvalue weighted by Gasteiger charge is 2.15. The molecule has 0 bridgehead atoms. The van der Waals surface area contributed by atoms with Crippen molar-refractivity contribution in [2.75, 3.05) is 6.61 Å². The van der Waals surface area contributed by atoms with Crippen LogP contribution < -0.4 is 0 Å². The smallest absolute Gasteiger partial charge is 0.355 e. The number of ether oxygens (including phenoxy) is 1. The normalized spacial score (nSPS) is 10.5. The third kappa shape index (κ3) is 1.61. The van der Waals surface area contributed by atoms with Gasteiger partial charge in [-0.2, -0.15) is 0 Å². The molecule has 0 radical (unpaired) electrons. The van der Waals surface area contributed by atoms with Crippen molar-refractivity contribution in [3.8, 4) is 0 Å². The first-order valence-electron chi connectivity index (χ1n) is 4.98. The second-order valence-corrected chi connectivity index (χ2v) is 3.39. The molecule has 0 N–H and O–H groups in total. The van der Waals surface area contributed by atoms with E-state index >= 15 is 0 Å². The molecule has 2 aromatic heterocycles. The number of hydrogen-bond donors (Lipinski definition) is 0. The van der Waals surface area contributed by atoms with Crippen LogP contribution in [0.4, 0.5) is 0 Å². The predicted molar refractivity (Wildman–Crippen MR) is 58.1 cm³/mol. The molecule has 0 aliphatic rings. The summed E-state index contributed by atoms with van der Waals surface area (Å²) in [6.07, 6.45) is 1.87. The Bertz CT molecular complexity index is 499. The molecular formula is C12H13NO2. The Morgan fingerprint density at radius 3 is 3.00 bits per heavy atom. The second kappa shape index (κ2) is 3.77. The van der Waals surface area contributed by atoms with Crippen molar-refractivity contribution in [3.63, 3.8) is 0 Å². The fourth-order valence-electron chi connectivity index (χ4n) is 1.72. The van der Waals surface area contributed by atoms with Gasteiger partial charge in [0.15, 0.2) is 0 Å². The van der Waals surface area contributed by atoms with Gasteiger partial charge in [-0.05, 0) is 37.6 Å². The van der Waals surface area contributed by atoms with E-state index in [4.69, 9.17) is 4.74 Å². The molecule has 2 aromatic rings. The summed E-state index contributed by atoms with van der Waals surface area (Å²) in [5, 5.41) is 0. The van der Waals surface area contributed by atoms with Gasteiger partial charge < -0.3 is 9.14 Å². The fourth-order valence-corrected chi connectivity index (χ4v) is 1.72. The van der Waals surface area contributed by atoms with Crippen LogP contribution in [0.15, 0.2) is 30.5 Å². The summed E-state index contributed by atoms with van der Waals surface area (Å²) in [4.78, 5) is 11.7. The molecular weight excluding hydrogens is 190 g/mol. The molecule has 2 rings (SSSR count). The third-order valence-corrected chi connectivity index (χ3v) is 2.34. The molecule has 3 nitrogen and oxygen atoms in total. The first kappa shape index (κ1) is 9.77. The van der Waals surface area contributed by atoms with Crippen molar-refractivity contribution in [2.24, 2.45) is 0 Å². The van der Waals surface area contributed by atoms with Gasteiger partial charge >= 0.3 is 5.97 Å². The van der Waals surface area contributed by atoms with Gasteiger partial charge in [0.2, 0.25) is 0 Å². The molecule has 78 valence electrons.